The second-order valence-electron chi connectivity index (χ2n) is 4.52. The van der Waals surface area contributed by atoms with Gasteiger partial charge in [0.05, 0.1) is 16.2 Å². The summed E-state index contributed by atoms with van der Waals surface area (Å²) in [7, 11) is 0. The van der Waals surface area contributed by atoms with E-state index in [4.69, 9.17) is 22.4 Å². The van der Waals surface area contributed by atoms with Crippen LogP contribution in [0.4, 0.5) is 14.5 Å². The van der Waals surface area contributed by atoms with Crippen molar-refractivity contribution in [1.82, 2.24) is 9.97 Å². The Morgan fingerprint density at radius 3 is 2.61 bits per heavy atom. The summed E-state index contributed by atoms with van der Waals surface area (Å²) in [6.07, 6.45) is 1.53. The Balaban J connectivity index is 0.00000192. The van der Waals surface area contributed by atoms with Gasteiger partial charge in [-0.3, -0.25) is 0 Å². The first-order chi connectivity index (χ1) is 10.4. The standard InChI is InChI=1S/C14H8ClF2N3O2.Na/c15-7-10(18)9(17)12(20-13(7)14(21)22)6-2-1-5-3-4-19-11(5)8(6)16;/h1-4,19H,(H2,18,20)(H,21,22);. The molecule has 0 atom stereocenters. The zero-order valence-electron chi connectivity index (χ0n) is 11.8. The van der Waals surface area contributed by atoms with Crippen LogP contribution >= 0.6 is 11.6 Å². The fourth-order valence-corrected chi connectivity index (χ4v) is 2.36. The number of hydrogen-bond acceptors (Lipinski definition) is 3. The smallest absolute Gasteiger partial charge is 0.356 e. The van der Waals surface area contributed by atoms with Crippen LogP contribution in [0.1, 0.15) is 10.5 Å². The molecule has 0 aliphatic carbocycles. The van der Waals surface area contributed by atoms with Crippen LogP contribution in [-0.4, -0.2) is 50.6 Å². The minimum Gasteiger partial charge on any atom is -0.476 e. The van der Waals surface area contributed by atoms with Gasteiger partial charge >= 0.3 is 5.97 Å². The van der Waals surface area contributed by atoms with Crippen LogP contribution < -0.4 is 5.73 Å². The van der Waals surface area contributed by atoms with Crippen LogP contribution in [0, 0.1) is 11.6 Å². The number of benzene rings is 1. The van der Waals surface area contributed by atoms with E-state index in [1.165, 1.54) is 12.3 Å². The molecule has 0 saturated heterocycles. The summed E-state index contributed by atoms with van der Waals surface area (Å²) < 4.78 is 28.7. The van der Waals surface area contributed by atoms with Crippen molar-refractivity contribution in [3.8, 4) is 11.3 Å². The molecule has 1 aromatic carbocycles. The number of hydrogen-bond donors (Lipinski definition) is 3. The van der Waals surface area contributed by atoms with Crippen LogP contribution in [0.5, 0.6) is 0 Å². The molecule has 3 aromatic rings. The van der Waals surface area contributed by atoms with Crippen molar-refractivity contribution in [2.75, 3.05) is 5.73 Å². The minimum absolute atomic E-state index is 0. The van der Waals surface area contributed by atoms with Gasteiger partial charge in [0.25, 0.3) is 0 Å². The topological polar surface area (TPSA) is 92.0 Å². The molecule has 2 aromatic heterocycles. The normalized spacial score (nSPS) is 10.6. The zero-order valence-corrected chi connectivity index (χ0v) is 14.6. The third-order valence-corrected chi connectivity index (χ3v) is 3.62. The molecular formula is C14H8ClF2N3NaO2. The number of aromatic carboxylic acids is 1. The molecule has 0 spiro atoms. The molecule has 2 heterocycles. The van der Waals surface area contributed by atoms with Crippen molar-refractivity contribution in [3.05, 3.63) is 46.7 Å². The molecule has 0 bridgehead atoms. The summed E-state index contributed by atoms with van der Waals surface area (Å²) in [6, 6.07) is 4.50. The number of fused-ring (bicyclic) bond motifs is 1. The van der Waals surface area contributed by atoms with E-state index in [0.717, 1.165) is 0 Å². The van der Waals surface area contributed by atoms with Gasteiger partial charge in [0.1, 0.15) is 5.69 Å². The molecule has 0 fully saturated rings. The quantitative estimate of drug-likeness (QED) is 0.622. The molecule has 9 heteroatoms. The fraction of sp³-hybridized carbons (Fsp3) is 0. The number of carboxylic acid groups (broad SMARTS) is 1. The molecule has 3 rings (SSSR count). The Bertz CT molecular complexity index is 930. The number of carboxylic acids is 1. The number of rotatable bonds is 2. The average molecular weight is 347 g/mol. The van der Waals surface area contributed by atoms with Crippen molar-refractivity contribution in [1.29, 1.82) is 0 Å². The van der Waals surface area contributed by atoms with Gasteiger partial charge < -0.3 is 15.8 Å². The molecule has 4 N–H and O–H groups in total. The second-order valence-corrected chi connectivity index (χ2v) is 4.90. The number of anilines is 1. The van der Waals surface area contributed by atoms with E-state index in [9.17, 15) is 13.6 Å². The number of aromatic nitrogens is 2. The number of nitrogens with two attached hydrogens (primary N) is 1. The summed E-state index contributed by atoms with van der Waals surface area (Å²) in [6.45, 7) is 0. The second kappa shape index (κ2) is 6.45. The molecule has 0 aliphatic heterocycles. The molecular weight excluding hydrogens is 339 g/mol. The number of H-pyrrole nitrogens is 1. The largest absolute Gasteiger partial charge is 0.476 e. The fourth-order valence-electron chi connectivity index (χ4n) is 2.16. The van der Waals surface area contributed by atoms with Gasteiger partial charge in [-0.05, 0) is 12.1 Å². The first kappa shape index (κ1) is 17.7. The Morgan fingerprint density at radius 1 is 1.26 bits per heavy atom. The van der Waals surface area contributed by atoms with Crippen molar-refractivity contribution >= 4 is 63.7 Å². The predicted octanol–water partition coefficient (Wildman–Crippen LogP) is 3.06. The number of carbonyl (C=O) groups is 1. The number of nitrogens with one attached hydrogen (secondary N) is 1. The summed E-state index contributed by atoms with van der Waals surface area (Å²) in [5, 5.41) is 9.10. The third kappa shape index (κ3) is 2.81. The van der Waals surface area contributed by atoms with Gasteiger partial charge in [0.15, 0.2) is 17.3 Å². The Hall–Kier alpha value is -1.67. The number of nitrogen functional groups attached to an aromatic ring is 1. The maximum atomic E-state index is 14.5. The molecule has 0 saturated carbocycles. The van der Waals surface area contributed by atoms with Gasteiger partial charge in [0, 0.05) is 46.7 Å². The van der Waals surface area contributed by atoms with Crippen LogP contribution in [0.2, 0.25) is 5.02 Å². The molecule has 113 valence electrons. The maximum absolute atomic E-state index is 14.5. The van der Waals surface area contributed by atoms with Gasteiger partial charge in [-0.2, -0.15) is 0 Å². The number of pyridine rings is 1. The Kier molecular flexibility index (Phi) is 4.95. The number of halogens is 3. The number of aromatic amines is 1. The van der Waals surface area contributed by atoms with E-state index < -0.39 is 39.7 Å². The van der Waals surface area contributed by atoms with Crippen LogP contribution in [0.15, 0.2) is 24.4 Å². The van der Waals surface area contributed by atoms with Crippen molar-refractivity contribution < 1.29 is 18.7 Å². The number of nitrogens with zero attached hydrogens (tertiary/aromatic N) is 1. The van der Waals surface area contributed by atoms with Gasteiger partial charge in [-0.15, -0.1) is 0 Å². The van der Waals surface area contributed by atoms with E-state index in [0.29, 0.717) is 5.39 Å². The maximum Gasteiger partial charge on any atom is 0.356 e. The van der Waals surface area contributed by atoms with E-state index in [1.54, 1.807) is 12.1 Å². The first-order valence-electron chi connectivity index (χ1n) is 6.05. The average Bonchev–Trinajstić information content (AvgIpc) is 2.95. The minimum atomic E-state index is -1.49. The molecule has 5 nitrogen and oxygen atoms in total. The Morgan fingerprint density at radius 2 is 1.96 bits per heavy atom. The molecule has 0 aliphatic rings. The van der Waals surface area contributed by atoms with Crippen molar-refractivity contribution in [3.63, 3.8) is 0 Å². The van der Waals surface area contributed by atoms with Crippen molar-refractivity contribution in [2.45, 2.75) is 0 Å². The van der Waals surface area contributed by atoms with Gasteiger partial charge in [-0.1, -0.05) is 17.7 Å². The summed E-state index contributed by atoms with van der Waals surface area (Å²) in [4.78, 5) is 17.4. The molecule has 1 radical (unpaired) electrons. The van der Waals surface area contributed by atoms with Crippen LogP contribution in [0.25, 0.3) is 22.2 Å². The van der Waals surface area contributed by atoms with Gasteiger partial charge in [0.2, 0.25) is 0 Å². The van der Waals surface area contributed by atoms with E-state index in [1.807, 2.05) is 0 Å². The van der Waals surface area contributed by atoms with Crippen LogP contribution in [-0.2, 0) is 0 Å². The summed E-state index contributed by atoms with van der Waals surface area (Å²) in [5.41, 5.74) is 3.68. The predicted molar refractivity (Wildman–Crippen MR) is 83.6 cm³/mol. The molecule has 0 unspecified atom stereocenters. The monoisotopic (exact) mass is 346 g/mol. The van der Waals surface area contributed by atoms with E-state index in [-0.39, 0.29) is 40.6 Å². The summed E-state index contributed by atoms with van der Waals surface area (Å²) in [5.74, 6) is -3.31. The van der Waals surface area contributed by atoms with Crippen molar-refractivity contribution in [2.24, 2.45) is 0 Å². The Labute approximate surface area is 155 Å². The third-order valence-electron chi connectivity index (χ3n) is 3.23. The van der Waals surface area contributed by atoms with Crippen LogP contribution in [0.3, 0.4) is 0 Å². The van der Waals surface area contributed by atoms with Gasteiger partial charge in [-0.25, -0.2) is 18.6 Å². The van der Waals surface area contributed by atoms with E-state index in [2.05, 4.69) is 9.97 Å². The molecule has 0 amide bonds. The molecule has 23 heavy (non-hydrogen) atoms. The van der Waals surface area contributed by atoms with E-state index >= 15 is 0 Å². The summed E-state index contributed by atoms with van der Waals surface area (Å²) >= 11 is 5.66. The first-order valence-corrected chi connectivity index (χ1v) is 6.43. The SMILES string of the molecule is Nc1c(F)c(-c2ccc3cc[nH]c3c2F)nc(C(=O)O)c1Cl.[Na]. The zero-order chi connectivity index (χ0) is 16.0.